The molecule has 3 rings (SSSR count). The summed E-state index contributed by atoms with van der Waals surface area (Å²) in [5, 5.41) is 4.23. The van der Waals surface area contributed by atoms with E-state index in [9.17, 15) is 8.78 Å². The van der Waals surface area contributed by atoms with Crippen molar-refractivity contribution < 1.29 is 8.78 Å². The smallest absolute Gasteiger partial charge is 0.188 e. The van der Waals surface area contributed by atoms with E-state index < -0.39 is 11.8 Å². The zero-order valence-corrected chi connectivity index (χ0v) is 11.6. The van der Waals surface area contributed by atoms with Crippen molar-refractivity contribution in [2.24, 2.45) is 0 Å². The van der Waals surface area contributed by atoms with Crippen molar-refractivity contribution in [3.8, 4) is 0 Å². The molecule has 0 spiro atoms. The summed E-state index contributed by atoms with van der Waals surface area (Å²) in [4.78, 5) is 4.09. The predicted molar refractivity (Wildman–Crippen MR) is 71.8 cm³/mol. The number of aromatic nitrogens is 3. The molecule has 0 saturated heterocycles. The summed E-state index contributed by atoms with van der Waals surface area (Å²) in [6.45, 7) is 3.16. The normalized spacial score (nSPS) is 24.4. The minimum atomic E-state index is -1.61. The van der Waals surface area contributed by atoms with Gasteiger partial charge in [0, 0.05) is 6.42 Å². The summed E-state index contributed by atoms with van der Waals surface area (Å²) in [7, 11) is 0. The van der Waals surface area contributed by atoms with Gasteiger partial charge in [0.25, 0.3) is 0 Å². The van der Waals surface area contributed by atoms with E-state index in [1.165, 1.54) is 6.92 Å². The molecular formula is C15H17F2N3. The third kappa shape index (κ3) is 2.01. The number of rotatable bonds is 3. The molecule has 3 atom stereocenters. The molecule has 0 radical (unpaired) electrons. The summed E-state index contributed by atoms with van der Waals surface area (Å²) in [5.41, 5.74) is -0.638. The summed E-state index contributed by atoms with van der Waals surface area (Å²) in [5.74, 6) is 0.324. The van der Waals surface area contributed by atoms with Crippen LogP contribution in [0.15, 0.2) is 30.3 Å². The Kier molecular flexibility index (Phi) is 3.07. The fourth-order valence-electron chi connectivity index (χ4n) is 2.51. The van der Waals surface area contributed by atoms with Crippen LogP contribution in [-0.4, -0.2) is 14.8 Å². The molecule has 1 aromatic heterocycles. The van der Waals surface area contributed by atoms with Crippen molar-refractivity contribution >= 4 is 0 Å². The maximum Gasteiger partial charge on any atom is 0.188 e. The Bertz CT molecular complexity index is 607. The second-order valence-corrected chi connectivity index (χ2v) is 5.42. The summed E-state index contributed by atoms with van der Waals surface area (Å²) in [6, 6.07) is 9.39. The van der Waals surface area contributed by atoms with E-state index in [1.54, 1.807) is 11.6 Å². The maximum absolute atomic E-state index is 14.3. The number of hydrogen-bond acceptors (Lipinski definition) is 2. The van der Waals surface area contributed by atoms with Gasteiger partial charge in [-0.05, 0) is 18.9 Å². The molecule has 0 aliphatic carbocycles. The number of hydrogen-bond donors (Lipinski definition) is 0. The lowest BCUT2D eigenvalue weighted by atomic mass is 10.0. The van der Waals surface area contributed by atoms with Gasteiger partial charge < -0.3 is 0 Å². The zero-order chi connectivity index (χ0) is 14.3. The third-order valence-corrected chi connectivity index (χ3v) is 3.98. The molecule has 20 heavy (non-hydrogen) atoms. The highest BCUT2D eigenvalue weighted by atomic mass is 19.1. The molecule has 1 aromatic carbocycles. The summed E-state index contributed by atoms with van der Waals surface area (Å²) in [6.07, 6.45) is -0.604. The number of fused-ring (bicyclic) bond motifs is 1. The largest absolute Gasteiger partial charge is 0.239 e. The topological polar surface area (TPSA) is 30.7 Å². The molecule has 5 heteroatoms. The quantitative estimate of drug-likeness (QED) is 0.852. The number of benzene rings is 1. The number of halogens is 2. The van der Waals surface area contributed by atoms with Crippen LogP contribution in [0, 0.1) is 0 Å². The molecule has 1 aliphatic rings. The van der Waals surface area contributed by atoms with Crippen LogP contribution in [0.1, 0.15) is 56.1 Å². The summed E-state index contributed by atoms with van der Waals surface area (Å²) >= 11 is 0. The average molecular weight is 277 g/mol. The second kappa shape index (κ2) is 4.65. The fourth-order valence-corrected chi connectivity index (χ4v) is 2.51. The van der Waals surface area contributed by atoms with Gasteiger partial charge in [-0.25, -0.2) is 18.4 Å². The van der Waals surface area contributed by atoms with E-state index in [-0.39, 0.29) is 24.1 Å². The lowest BCUT2D eigenvalue weighted by Gasteiger charge is -2.15. The minimum absolute atomic E-state index is 0.0817. The van der Waals surface area contributed by atoms with Gasteiger partial charge in [-0.3, -0.25) is 0 Å². The standard InChI is InChI=1S/C15H17F2N3/c1-3-15(2,17)14-18-13-11(16)9-12(20(13)19-14)10-7-5-4-6-8-10/h4-8,11-12H,3,9H2,1-2H3/t11-,12-,15-/m0/s1. The molecule has 3 nitrogen and oxygen atoms in total. The van der Waals surface area contributed by atoms with E-state index in [1.807, 2.05) is 30.3 Å². The van der Waals surface area contributed by atoms with Crippen molar-refractivity contribution in [2.75, 3.05) is 0 Å². The highest BCUT2D eigenvalue weighted by molar-refractivity contribution is 5.24. The Morgan fingerprint density at radius 2 is 2.05 bits per heavy atom. The van der Waals surface area contributed by atoms with Gasteiger partial charge in [-0.2, -0.15) is 5.10 Å². The first-order chi connectivity index (χ1) is 9.53. The van der Waals surface area contributed by atoms with E-state index in [0.717, 1.165) is 5.56 Å². The first kappa shape index (κ1) is 13.2. The monoisotopic (exact) mass is 277 g/mol. The highest BCUT2D eigenvalue weighted by Gasteiger charge is 2.39. The van der Waals surface area contributed by atoms with Crippen LogP contribution in [0.25, 0.3) is 0 Å². The molecule has 0 fully saturated rings. The predicted octanol–water partition coefficient (Wildman–Crippen LogP) is 3.88. The first-order valence-corrected chi connectivity index (χ1v) is 6.88. The minimum Gasteiger partial charge on any atom is -0.239 e. The van der Waals surface area contributed by atoms with Crippen molar-refractivity contribution in [1.29, 1.82) is 0 Å². The molecule has 106 valence electrons. The fraction of sp³-hybridized carbons (Fsp3) is 0.467. The molecule has 0 amide bonds. The van der Waals surface area contributed by atoms with Crippen LogP contribution in [-0.2, 0) is 5.67 Å². The van der Waals surface area contributed by atoms with Gasteiger partial charge >= 0.3 is 0 Å². The Balaban J connectivity index is 2.02. The van der Waals surface area contributed by atoms with E-state index in [0.29, 0.717) is 6.42 Å². The van der Waals surface area contributed by atoms with Crippen LogP contribution >= 0.6 is 0 Å². The molecule has 0 N–H and O–H groups in total. The Morgan fingerprint density at radius 1 is 1.35 bits per heavy atom. The van der Waals surface area contributed by atoms with Gasteiger partial charge in [0.05, 0.1) is 6.04 Å². The van der Waals surface area contributed by atoms with Gasteiger partial charge in [0.2, 0.25) is 0 Å². The second-order valence-electron chi connectivity index (χ2n) is 5.42. The lowest BCUT2D eigenvalue weighted by Crippen LogP contribution is -2.17. The van der Waals surface area contributed by atoms with Gasteiger partial charge in [-0.1, -0.05) is 37.3 Å². The van der Waals surface area contributed by atoms with Crippen LogP contribution in [0.5, 0.6) is 0 Å². The molecule has 0 saturated carbocycles. The molecule has 1 aliphatic heterocycles. The van der Waals surface area contributed by atoms with E-state index in [2.05, 4.69) is 10.1 Å². The van der Waals surface area contributed by atoms with Gasteiger partial charge in [-0.15, -0.1) is 0 Å². The Hall–Kier alpha value is -1.78. The molecule has 2 heterocycles. The maximum atomic E-state index is 14.3. The van der Waals surface area contributed by atoms with Crippen molar-refractivity contribution in [3.63, 3.8) is 0 Å². The highest BCUT2D eigenvalue weighted by Crippen LogP contribution is 2.40. The molecule has 0 bridgehead atoms. The van der Waals surface area contributed by atoms with Gasteiger partial charge in [0.1, 0.15) is 0 Å². The number of alkyl halides is 2. The number of nitrogens with zero attached hydrogens (tertiary/aromatic N) is 3. The van der Waals surface area contributed by atoms with Crippen molar-refractivity contribution in [3.05, 3.63) is 47.5 Å². The van der Waals surface area contributed by atoms with E-state index in [4.69, 9.17) is 0 Å². The molecule has 0 unspecified atom stereocenters. The third-order valence-electron chi connectivity index (χ3n) is 3.98. The molecular weight excluding hydrogens is 260 g/mol. The lowest BCUT2D eigenvalue weighted by molar-refractivity contribution is 0.170. The average Bonchev–Trinajstić information content (AvgIpc) is 3.01. The van der Waals surface area contributed by atoms with Crippen molar-refractivity contribution in [1.82, 2.24) is 14.8 Å². The van der Waals surface area contributed by atoms with Crippen LogP contribution in [0.4, 0.5) is 8.78 Å². The first-order valence-electron chi connectivity index (χ1n) is 6.88. The van der Waals surface area contributed by atoms with E-state index >= 15 is 0 Å². The molecule has 2 aromatic rings. The summed E-state index contributed by atoms with van der Waals surface area (Å²) < 4.78 is 30.0. The Morgan fingerprint density at radius 3 is 2.70 bits per heavy atom. The van der Waals surface area contributed by atoms with Crippen molar-refractivity contribution in [2.45, 2.75) is 44.6 Å². The zero-order valence-electron chi connectivity index (χ0n) is 11.6. The Labute approximate surface area is 116 Å². The van der Waals surface area contributed by atoms with Crippen LogP contribution in [0.3, 0.4) is 0 Å². The SMILES string of the molecule is CC[C@](C)(F)c1nc2n(n1)[C@H](c1ccccc1)C[C@@H]2F. The van der Waals surface area contributed by atoms with Gasteiger partial charge in [0.15, 0.2) is 23.5 Å². The van der Waals surface area contributed by atoms with Crippen LogP contribution < -0.4 is 0 Å². The van der Waals surface area contributed by atoms with Crippen LogP contribution in [0.2, 0.25) is 0 Å².